The van der Waals surface area contributed by atoms with Crippen molar-refractivity contribution in [1.82, 2.24) is 23.7 Å². The summed E-state index contributed by atoms with van der Waals surface area (Å²) in [5.74, 6) is -1.40. The van der Waals surface area contributed by atoms with Crippen LogP contribution in [0.3, 0.4) is 0 Å². The summed E-state index contributed by atoms with van der Waals surface area (Å²) in [7, 11) is 0. The van der Waals surface area contributed by atoms with E-state index >= 15 is 0 Å². The minimum Gasteiger partial charge on any atom is -0.441 e. The van der Waals surface area contributed by atoms with Gasteiger partial charge in [-0.25, -0.2) is 13.7 Å². The highest BCUT2D eigenvalue weighted by molar-refractivity contribution is 7.16. The van der Waals surface area contributed by atoms with Gasteiger partial charge in [0.1, 0.15) is 29.2 Å². The number of rotatable bonds is 7. The molecule has 5 rings (SSSR count). The van der Waals surface area contributed by atoms with Crippen LogP contribution in [0, 0.1) is 5.82 Å². The molecule has 0 radical (unpaired) electrons. The molecule has 13 heteroatoms. The van der Waals surface area contributed by atoms with Crippen molar-refractivity contribution < 1.29 is 13.6 Å². The summed E-state index contributed by atoms with van der Waals surface area (Å²) in [5.41, 5.74) is -0.0407. The summed E-state index contributed by atoms with van der Waals surface area (Å²) in [6.07, 6.45) is 5.59. The van der Waals surface area contributed by atoms with E-state index in [1.54, 1.807) is 17.6 Å². The number of anilines is 1. The van der Waals surface area contributed by atoms with Gasteiger partial charge in [0.05, 0.1) is 23.6 Å². The number of hydrogen-bond acceptors (Lipinski definition) is 9. The fourth-order valence-corrected chi connectivity index (χ4v) is 4.79. The van der Waals surface area contributed by atoms with Gasteiger partial charge in [-0.2, -0.15) is 9.78 Å². The van der Waals surface area contributed by atoms with Gasteiger partial charge in [0.15, 0.2) is 0 Å². The van der Waals surface area contributed by atoms with Crippen LogP contribution in [-0.4, -0.2) is 29.6 Å². The Morgan fingerprint density at radius 1 is 1.29 bits per heavy atom. The predicted octanol–water partition coefficient (Wildman–Crippen LogP) is 4.36. The van der Waals surface area contributed by atoms with Crippen molar-refractivity contribution in [3.8, 4) is 11.3 Å². The predicted molar refractivity (Wildman–Crippen MR) is 126 cm³/mol. The van der Waals surface area contributed by atoms with Crippen LogP contribution < -0.4 is 10.9 Å². The van der Waals surface area contributed by atoms with Crippen LogP contribution in [0.25, 0.3) is 11.3 Å². The molecule has 0 atom stereocenters. The van der Waals surface area contributed by atoms with Gasteiger partial charge in [-0.15, -0.1) is 11.3 Å². The van der Waals surface area contributed by atoms with Crippen molar-refractivity contribution in [2.45, 2.75) is 13.1 Å². The zero-order valence-electron chi connectivity index (χ0n) is 17.1. The Kier molecular flexibility index (Phi) is 6.09. The van der Waals surface area contributed by atoms with E-state index in [0.29, 0.717) is 10.9 Å². The van der Waals surface area contributed by atoms with Crippen LogP contribution >= 0.6 is 34.5 Å². The first-order valence-electron chi connectivity index (χ1n) is 9.79. The normalized spacial score (nSPS) is 11.1. The van der Waals surface area contributed by atoms with Gasteiger partial charge in [0, 0.05) is 34.3 Å². The van der Waals surface area contributed by atoms with Crippen LogP contribution in [0.1, 0.15) is 21.1 Å². The molecule has 0 aromatic carbocycles. The lowest BCUT2D eigenvalue weighted by Crippen LogP contribution is -2.23. The minimum atomic E-state index is -0.755. The fraction of sp³-hybridized carbons (Fsp3) is 0.0952. The lowest BCUT2D eigenvalue weighted by molar-refractivity contribution is 0.0913. The number of carbonyl (C=O) groups is 1. The highest BCUT2D eigenvalue weighted by Crippen LogP contribution is 2.25. The molecule has 0 aliphatic heterocycles. The maximum atomic E-state index is 14.8. The molecule has 34 heavy (non-hydrogen) atoms. The largest absolute Gasteiger partial charge is 0.441 e. The Bertz CT molecular complexity index is 1510. The molecule has 5 heterocycles. The Morgan fingerprint density at radius 2 is 2.18 bits per heavy atom. The highest BCUT2D eigenvalue weighted by Gasteiger charge is 2.23. The average Bonchev–Trinajstić information content (AvgIpc) is 3.62. The van der Waals surface area contributed by atoms with Crippen molar-refractivity contribution in [2.24, 2.45) is 0 Å². The number of carbonyl (C=O) groups excluding carboxylic acids is 1. The first-order valence-corrected chi connectivity index (χ1v) is 11.8. The van der Waals surface area contributed by atoms with E-state index in [1.807, 2.05) is 6.07 Å². The summed E-state index contributed by atoms with van der Waals surface area (Å²) in [6, 6.07) is 6.22. The summed E-state index contributed by atoms with van der Waals surface area (Å²) < 4.78 is 26.9. The van der Waals surface area contributed by atoms with Gasteiger partial charge in [0.25, 0.3) is 11.4 Å². The third-order valence-corrected chi connectivity index (χ3v) is 6.66. The fourth-order valence-electron chi connectivity index (χ4n) is 3.24. The van der Waals surface area contributed by atoms with E-state index < -0.39 is 17.3 Å². The second-order valence-corrected chi connectivity index (χ2v) is 9.49. The van der Waals surface area contributed by atoms with E-state index in [2.05, 4.69) is 19.8 Å². The van der Waals surface area contributed by atoms with Gasteiger partial charge in [-0.1, -0.05) is 11.6 Å². The van der Waals surface area contributed by atoms with Crippen molar-refractivity contribution in [2.75, 3.05) is 5.32 Å². The van der Waals surface area contributed by atoms with Gasteiger partial charge in [-0.05, 0) is 29.7 Å². The van der Waals surface area contributed by atoms with Crippen LogP contribution in [0.15, 0.2) is 63.7 Å². The standard InChI is InChI=1S/C21H14ClFN6O3S2/c22-16-2-1-13(34-16)9-25-17-7-15(27-29(17)21(31)19-24-4-6-32-19)18-14(23)3-5-28(20(18)30)10-12-8-26-33-11-12/h1-8,11,25H,9-10H2. The molecular formula is C21H14ClFN6O3S2. The summed E-state index contributed by atoms with van der Waals surface area (Å²) in [6.45, 7) is 0.552. The highest BCUT2D eigenvalue weighted by atomic mass is 35.5. The van der Waals surface area contributed by atoms with E-state index in [9.17, 15) is 14.0 Å². The maximum absolute atomic E-state index is 14.8. The Balaban J connectivity index is 1.55. The van der Waals surface area contributed by atoms with Gasteiger partial charge < -0.3 is 14.3 Å². The molecule has 5 aromatic rings. The molecule has 5 aromatic heterocycles. The van der Waals surface area contributed by atoms with Crippen molar-refractivity contribution in [3.05, 3.63) is 91.3 Å². The molecule has 172 valence electrons. The van der Waals surface area contributed by atoms with E-state index in [-0.39, 0.29) is 29.5 Å². The Labute approximate surface area is 204 Å². The molecule has 0 amide bonds. The van der Waals surface area contributed by atoms with E-state index in [1.165, 1.54) is 58.2 Å². The summed E-state index contributed by atoms with van der Waals surface area (Å²) in [4.78, 5) is 30.8. The van der Waals surface area contributed by atoms with E-state index in [4.69, 9.17) is 16.0 Å². The number of aromatic nitrogens is 5. The van der Waals surface area contributed by atoms with Crippen molar-refractivity contribution in [1.29, 1.82) is 0 Å². The third kappa shape index (κ3) is 4.42. The van der Waals surface area contributed by atoms with Crippen molar-refractivity contribution in [3.63, 3.8) is 0 Å². The molecule has 0 fully saturated rings. The molecule has 0 saturated carbocycles. The molecule has 0 aliphatic rings. The quantitative estimate of drug-likeness (QED) is 0.342. The van der Waals surface area contributed by atoms with Gasteiger partial charge in [-0.3, -0.25) is 9.59 Å². The monoisotopic (exact) mass is 516 g/mol. The average molecular weight is 517 g/mol. The maximum Gasteiger partial charge on any atom is 0.335 e. The first kappa shape index (κ1) is 22.2. The molecule has 0 unspecified atom stereocenters. The molecular weight excluding hydrogens is 503 g/mol. The number of oxazole rings is 1. The first-order chi connectivity index (χ1) is 16.5. The number of halogens is 2. The second kappa shape index (κ2) is 9.33. The van der Waals surface area contributed by atoms with Crippen LogP contribution in [0.4, 0.5) is 10.2 Å². The molecule has 1 N–H and O–H groups in total. The summed E-state index contributed by atoms with van der Waals surface area (Å²) in [5, 5.41) is 9.13. The molecule has 9 nitrogen and oxygen atoms in total. The zero-order chi connectivity index (χ0) is 23.7. The summed E-state index contributed by atoms with van der Waals surface area (Å²) >= 11 is 8.62. The Hall–Kier alpha value is -3.61. The zero-order valence-corrected chi connectivity index (χ0v) is 19.5. The smallest absolute Gasteiger partial charge is 0.335 e. The van der Waals surface area contributed by atoms with E-state index in [0.717, 1.165) is 15.1 Å². The SMILES string of the molecule is O=C(c1ncco1)n1nc(-c2c(F)ccn(Cc3cnsc3)c2=O)cc1NCc1ccc(Cl)s1. The van der Waals surface area contributed by atoms with Gasteiger partial charge >= 0.3 is 5.91 Å². The van der Waals surface area contributed by atoms with Crippen LogP contribution in [-0.2, 0) is 13.1 Å². The number of thiophene rings is 1. The lowest BCUT2D eigenvalue weighted by atomic mass is 10.2. The van der Waals surface area contributed by atoms with Gasteiger partial charge in [0.2, 0.25) is 0 Å². The second-order valence-electron chi connectivity index (χ2n) is 7.03. The number of nitrogens with one attached hydrogen (secondary N) is 1. The number of nitrogens with zero attached hydrogens (tertiary/aromatic N) is 5. The topological polar surface area (TPSA) is 108 Å². The van der Waals surface area contributed by atoms with Crippen molar-refractivity contribution >= 4 is 46.2 Å². The third-order valence-electron chi connectivity index (χ3n) is 4.80. The Morgan fingerprint density at radius 3 is 2.88 bits per heavy atom. The lowest BCUT2D eigenvalue weighted by Gasteiger charge is -2.06. The molecule has 0 aliphatic carbocycles. The molecule has 0 bridgehead atoms. The van der Waals surface area contributed by atoms with Crippen LogP contribution in [0.2, 0.25) is 4.34 Å². The molecule has 0 saturated heterocycles. The number of pyridine rings is 1. The minimum absolute atomic E-state index is 0.00749. The van der Waals surface area contributed by atoms with Crippen LogP contribution in [0.5, 0.6) is 0 Å². The molecule has 0 spiro atoms. The number of hydrogen-bond donors (Lipinski definition) is 1.